The third-order valence-corrected chi connectivity index (χ3v) is 0.827. The number of aliphatic imine (C=N–C) groups is 1. The minimum atomic E-state index is -0.481. The van der Waals surface area contributed by atoms with E-state index < -0.39 is 6.23 Å². The molecule has 0 aromatic heterocycles. The number of aliphatic hydroxyl groups excluding tert-OH is 1. The number of aliphatic hydroxyl groups is 1. The van der Waals surface area contributed by atoms with E-state index in [-0.39, 0.29) is 0 Å². The van der Waals surface area contributed by atoms with Crippen molar-refractivity contribution in [3.8, 4) is 0 Å². The molecule has 38 valence electrons. The Balaban J connectivity index is 2.49. The van der Waals surface area contributed by atoms with Crippen molar-refractivity contribution in [2.24, 2.45) is 4.99 Å². The maximum absolute atomic E-state index is 8.66. The van der Waals surface area contributed by atoms with Crippen LogP contribution in [0.1, 0.15) is 6.42 Å². The fourth-order valence-electron chi connectivity index (χ4n) is 0.471. The summed E-state index contributed by atoms with van der Waals surface area (Å²) in [7, 11) is 0. The molecular formula is C5H7NO. The first kappa shape index (κ1) is 4.53. The summed E-state index contributed by atoms with van der Waals surface area (Å²) < 4.78 is 0. The zero-order valence-electron chi connectivity index (χ0n) is 3.91. The average Bonchev–Trinajstić information content (AvgIpc) is 1.69. The highest BCUT2D eigenvalue weighted by Crippen LogP contribution is 1.97. The predicted octanol–water partition coefficient (Wildman–Crippen LogP) is 0.336. The molecule has 0 fully saturated rings. The summed E-state index contributed by atoms with van der Waals surface area (Å²) in [6, 6.07) is 0. The maximum Gasteiger partial charge on any atom is 0.148 e. The molecule has 0 spiro atoms. The van der Waals surface area contributed by atoms with Gasteiger partial charge in [-0.15, -0.1) is 0 Å². The summed E-state index contributed by atoms with van der Waals surface area (Å²) in [5, 5.41) is 8.66. The summed E-state index contributed by atoms with van der Waals surface area (Å²) >= 11 is 0. The van der Waals surface area contributed by atoms with E-state index in [1.165, 1.54) is 0 Å². The van der Waals surface area contributed by atoms with Crippen molar-refractivity contribution in [3.63, 3.8) is 0 Å². The van der Waals surface area contributed by atoms with Crippen LogP contribution in [0.25, 0.3) is 0 Å². The summed E-state index contributed by atoms with van der Waals surface area (Å²) in [6.07, 6.45) is 5.50. The highest BCUT2D eigenvalue weighted by Gasteiger charge is 1.95. The Morgan fingerprint density at radius 3 is 2.86 bits per heavy atom. The van der Waals surface area contributed by atoms with Crippen LogP contribution < -0.4 is 0 Å². The van der Waals surface area contributed by atoms with E-state index in [1.54, 1.807) is 6.21 Å². The van der Waals surface area contributed by atoms with Crippen molar-refractivity contribution in [2.45, 2.75) is 12.6 Å². The Morgan fingerprint density at radius 2 is 2.57 bits per heavy atom. The van der Waals surface area contributed by atoms with Crippen LogP contribution in [0.15, 0.2) is 17.1 Å². The van der Waals surface area contributed by atoms with Gasteiger partial charge in [-0.2, -0.15) is 0 Å². The zero-order valence-corrected chi connectivity index (χ0v) is 3.91. The molecular weight excluding hydrogens is 90.1 g/mol. The van der Waals surface area contributed by atoms with Crippen molar-refractivity contribution in [1.29, 1.82) is 0 Å². The van der Waals surface area contributed by atoms with E-state index in [9.17, 15) is 0 Å². The Labute approximate surface area is 42.2 Å². The molecule has 0 aliphatic carbocycles. The van der Waals surface area contributed by atoms with E-state index in [1.807, 2.05) is 12.2 Å². The highest BCUT2D eigenvalue weighted by atomic mass is 16.3. The highest BCUT2D eigenvalue weighted by molar-refractivity contribution is 5.71. The average molecular weight is 97.1 g/mol. The largest absolute Gasteiger partial charge is 0.371 e. The third-order valence-electron chi connectivity index (χ3n) is 0.827. The van der Waals surface area contributed by atoms with E-state index in [0.717, 1.165) is 0 Å². The standard InChI is InChI=1S/C5H7NO/c7-5-3-1-2-4-6-5/h1-2,4-5,7H,3H2. The number of rotatable bonds is 0. The molecule has 0 radical (unpaired) electrons. The first-order valence-electron chi connectivity index (χ1n) is 2.26. The van der Waals surface area contributed by atoms with E-state index >= 15 is 0 Å². The van der Waals surface area contributed by atoms with Crippen molar-refractivity contribution in [2.75, 3.05) is 0 Å². The van der Waals surface area contributed by atoms with Gasteiger partial charge >= 0.3 is 0 Å². The van der Waals surface area contributed by atoms with Gasteiger partial charge in [0.15, 0.2) is 0 Å². The second-order valence-electron chi connectivity index (χ2n) is 1.44. The monoisotopic (exact) mass is 97.1 g/mol. The minimum absolute atomic E-state index is 0.481. The van der Waals surface area contributed by atoms with Gasteiger partial charge in [0.1, 0.15) is 6.23 Å². The Bertz CT molecular complexity index is 107. The van der Waals surface area contributed by atoms with Gasteiger partial charge in [0.05, 0.1) is 0 Å². The van der Waals surface area contributed by atoms with E-state index in [4.69, 9.17) is 5.11 Å². The number of dihydropyridines is 1. The van der Waals surface area contributed by atoms with Crippen LogP contribution in [0.5, 0.6) is 0 Å². The molecule has 1 unspecified atom stereocenters. The van der Waals surface area contributed by atoms with Gasteiger partial charge in [0, 0.05) is 12.6 Å². The molecule has 0 saturated carbocycles. The Morgan fingerprint density at radius 1 is 1.71 bits per heavy atom. The molecule has 0 aromatic carbocycles. The van der Waals surface area contributed by atoms with Gasteiger partial charge in [-0.3, -0.25) is 4.99 Å². The molecule has 0 bridgehead atoms. The van der Waals surface area contributed by atoms with Crippen molar-refractivity contribution >= 4 is 6.21 Å². The Hall–Kier alpha value is -0.630. The molecule has 1 aliphatic heterocycles. The minimum Gasteiger partial charge on any atom is -0.371 e. The van der Waals surface area contributed by atoms with Crippen LogP contribution >= 0.6 is 0 Å². The van der Waals surface area contributed by atoms with Gasteiger partial charge in [0.25, 0.3) is 0 Å². The molecule has 1 rings (SSSR count). The van der Waals surface area contributed by atoms with Crippen LogP contribution in [0, 0.1) is 0 Å². The summed E-state index contributed by atoms with van der Waals surface area (Å²) in [6.45, 7) is 0. The molecule has 1 atom stereocenters. The number of hydrogen-bond acceptors (Lipinski definition) is 2. The van der Waals surface area contributed by atoms with Crippen LogP contribution in [-0.2, 0) is 0 Å². The summed E-state index contributed by atoms with van der Waals surface area (Å²) in [5.74, 6) is 0. The van der Waals surface area contributed by atoms with Crippen molar-refractivity contribution in [1.82, 2.24) is 0 Å². The molecule has 1 aliphatic rings. The molecule has 7 heavy (non-hydrogen) atoms. The van der Waals surface area contributed by atoms with E-state index in [2.05, 4.69) is 4.99 Å². The van der Waals surface area contributed by atoms with Crippen molar-refractivity contribution in [3.05, 3.63) is 12.2 Å². The SMILES string of the molecule is OC1CC=CC=N1. The van der Waals surface area contributed by atoms with Crippen LogP contribution in [0.3, 0.4) is 0 Å². The number of nitrogens with zero attached hydrogens (tertiary/aromatic N) is 1. The predicted molar refractivity (Wildman–Crippen MR) is 28.3 cm³/mol. The molecule has 2 nitrogen and oxygen atoms in total. The smallest absolute Gasteiger partial charge is 0.148 e. The first-order chi connectivity index (χ1) is 3.39. The topological polar surface area (TPSA) is 32.6 Å². The second-order valence-corrected chi connectivity index (χ2v) is 1.44. The number of hydrogen-bond donors (Lipinski definition) is 1. The van der Waals surface area contributed by atoms with Crippen LogP contribution in [0.4, 0.5) is 0 Å². The molecule has 0 aromatic rings. The fraction of sp³-hybridized carbons (Fsp3) is 0.400. The van der Waals surface area contributed by atoms with Crippen molar-refractivity contribution < 1.29 is 5.11 Å². The lowest BCUT2D eigenvalue weighted by Crippen LogP contribution is -2.02. The zero-order chi connectivity index (χ0) is 5.11. The quantitative estimate of drug-likeness (QED) is 0.464. The van der Waals surface area contributed by atoms with Gasteiger partial charge in [-0.05, 0) is 6.08 Å². The van der Waals surface area contributed by atoms with Gasteiger partial charge < -0.3 is 5.11 Å². The van der Waals surface area contributed by atoms with Gasteiger partial charge in [0.2, 0.25) is 0 Å². The molecule has 1 heterocycles. The molecule has 0 amide bonds. The fourth-order valence-corrected chi connectivity index (χ4v) is 0.471. The first-order valence-corrected chi connectivity index (χ1v) is 2.26. The molecule has 2 heteroatoms. The molecule has 0 saturated heterocycles. The second kappa shape index (κ2) is 1.89. The van der Waals surface area contributed by atoms with Crippen LogP contribution in [-0.4, -0.2) is 17.5 Å². The lowest BCUT2D eigenvalue weighted by atomic mass is 10.3. The Kier molecular flexibility index (Phi) is 1.22. The molecule has 1 N–H and O–H groups in total. The maximum atomic E-state index is 8.66. The lowest BCUT2D eigenvalue weighted by Gasteiger charge is -2.01. The lowest BCUT2D eigenvalue weighted by molar-refractivity contribution is 0.188. The van der Waals surface area contributed by atoms with Crippen LogP contribution in [0.2, 0.25) is 0 Å². The summed E-state index contributed by atoms with van der Waals surface area (Å²) in [5.41, 5.74) is 0. The third kappa shape index (κ3) is 1.12. The normalized spacial score (nSPS) is 28.4. The van der Waals surface area contributed by atoms with Gasteiger partial charge in [-0.25, -0.2) is 0 Å². The summed E-state index contributed by atoms with van der Waals surface area (Å²) in [4.78, 5) is 3.67. The van der Waals surface area contributed by atoms with Gasteiger partial charge in [-0.1, -0.05) is 6.08 Å². The number of allylic oxidation sites excluding steroid dienone is 1. The van der Waals surface area contributed by atoms with E-state index in [0.29, 0.717) is 6.42 Å².